The first kappa shape index (κ1) is 16.0. The summed E-state index contributed by atoms with van der Waals surface area (Å²) in [7, 11) is 3.17. The lowest BCUT2D eigenvalue weighted by molar-refractivity contribution is -0.0988. The van der Waals surface area contributed by atoms with Crippen LogP contribution < -0.4 is 0 Å². The van der Waals surface area contributed by atoms with Crippen LogP contribution in [0.3, 0.4) is 0 Å². The highest BCUT2D eigenvalue weighted by atomic mass is 32.2. The fraction of sp³-hybridized carbons (Fsp3) is 0.667. The van der Waals surface area contributed by atoms with Gasteiger partial charge in [-0.15, -0.1) is 0 Å². The van der Waals surface area contributed by atoms with Gasteiger partial charge in [-0.2, -0.15) is 0 Å². The number of ether oxygens (including phenoxy) is 3. The van der Waals surface area contributed by atoms with Crippen molar-refractivity contribution in [3.05, 3.63) is 11.4 Å². The molecular weight excluding hydrogens is 268 g/mol. The number of aromatic amines is 1. The number of carbonyl (C=O) groups excluding carboxylic acids is 1. The summed E-state index contributed by atoms with van der Waals surface area (Å²) in [5, 5.41) is 0.683. The number of imidazole rings is 1. The molecule has 1 atom stereocenters. The number of methoxy groups -OCH3 is 2. The Morgan fingerprint density at radius 3 is 2.58 bits per heavy atom. The Kier molecular flexibility index (Phi) is 6.33. The van der Waals surface area contributed by atoms with E-state index in [1.54, 1.807) is 28.1 Å². The molecule has 6 nitrogen and oxygen atoms in total. The molecular formula is C12H20N2O4S. The molecule has 1 aromatic rings. The van der Waals surface area contributed by atoms with E-state index in [-0.39, 0.29) is 11.5 Å². The van der Waals surface area contributed by atoms with Crippen LogP contribution in [0.2, 0.25) is 0 Å². The third kappa shape index (κ3) is 4.22. The average molecular weight is 288 g/mol. The third-order valence-corrected chi connectivity index (χ3v) is 3.49. The van der Waals surface area contributed by atoms with Crippen LogP contribution in [-0.2, 0) is 14.2 Å². The normalized spacial score (nSPS) is 12.7. The minimum atomic E-state index is -0.411. The van der Waals surface area contributed by atoms with Crippen LogP contribution in [0.15, 0.2) is 5.16 Å². The Hall–Kier alpha value is -1.05. The third-order valence-electron chi connectivity index (χ3n) is 2.48. The Balaban J connectivity index is 2.75. The molecule has 0 fully saturated rings. The van der Waals surface area contributed by atoms with Crippen molar-refractivity contribution in [3.63, 3.8) is 0 Å². The number of nitrogens with one attached hydrogen (secondary N) is 1. The minimum absolute atomic E-state index is 0.0376. The van der Waals surface area contributed by atoms with Crippen molar-refractivity contribution >= 4 is 17.7 Å². The van der Waals surface area contributed by atoms with Gasteiger partial charge in [0.05, 0.1) is 11.9 Å². The number of hydrogen-bond donors (Lipinski definition) is 1. The first-order valence-electron chi connectivity index (χ1n) is 5.99. The molecule has 0 spiro atoms. The van der Waals surface area contributed by atoms with Gasteiger partial charge in [0, 0.05) is 19.9 Å². The van der Waals surface area contributed by atoms with Crippen LogP contribution >= 0.6 is 11.8 Å². The van der Waals surface area contributed by atoms with E-state index >= 15 is 0 Å². The Morgan fingerprint density at radius 2 is 2.05 bits per heavy atom. The zero-order valence-corrected chi connectivity index (χ0v) is 12.7. The second-order valence-electron chi connectivity index (χ2n) is 3.90. The van der Waals surface area contributed by atoms with Crippen molar-refractivity contribution in [2.45, 2.75) is 37.5 Å². The van der Waals surface area contributed by atoms with Crippen LogP contribution in [0.5, 0.6) is 0 Å². The Labute approximate surface area is 117 Å². The van der Waals surface area contributed by atoms with Gasteiger partial charge >= 0.3 is 5.97 Å². The number of thioether (sulfide) groups is 1. The van der Waals surface area contributed by atoms with Crippen molar-refractivity contribution in [2.24, 2.45) is 0 Å². The summed E-state index contributed by atoms with van der Waals surface area (Å²) in [6.07, 6.45) is -0.332. The lowest BCUT2D eigenvalue weighted by Crippen LogP contribution is -2.24. The molecule has 7 heteroatoms. The monoisotopic (exact) mass is 288 g/mol. The number of esters is 1. The van der Waals surface area contributed by atoms with E-state index in [1.807, 2.05) is 6.92 Å². The average Bonchev–Trinajstić information content (AvgIpc) is 2.72. The van der Waals surface area contributed by atoms with Gasteiger partial charge in [-0.1, -0.05) is 11.8 Å². The molecule has 0 aliphatic heterocycles. The van der Waals surface area contributed by atoms with Crippen LogP contribution in [0.4, 0.5) is 0 Å². The number of rotatable bonds is 7. The summed E-state index contributed by atoms with van der Waals surface area (Å²) < 4.78 is 15.3. The Morgan fingerprint density at radius 1 is 1.42 bits per heavy atom. The highest BCUT2D eigenvalue weighted by Crippen LogP contribution is 2.25. The van der Waals surface area contributed by atoms with E-state index in [2.05, 4.69) is 9.97 Å². The number of hydrogen-bond acceptors (Lipinski definition) is 6. The molecule has 1 N–H and O–H groups in total. The highest BCUT2D eigenvalue weighted by Gasteiger charge is 2.21. The maximum absolute atomic E-state index is 11.6. The van der Waals surface area contributed by atoms with E-state index in [4.69, 9.17) is 14.2 Å². The van der Waals surface area contributed by atoms with Crippen molar-refractivity contribution in [1.29, 1.82) is 0 Å². The summed E-state index contributed by atoms with van der Waals surface area (Å²) in [5.41, 5.74) is 1.02. The molecule has 0 aromatic carbocycles. The summed E-state index contributed by atoms with van der Waals surface area (Å²) in [5.74, 6) is -0.411. The Bertz CT molecular complexity index is 418. The number of carbonyl (C=O) groups is 1. The van der Waals surface area contributed by atoms with Crippen LogP contribution in [0, 0.1) is 6.92 Å². The predicted molar refractivity (Wildman–Crippen MR) is 72.4 cm³/mol. The lowest BCUT2D eigenvalue weighted by atomic mass is 10.3. The lowest BCUT2D eigenvalue weighted by Gasteiger charge is -2.19. The van der Waals surface area contributed by atoms with Gasteiger partial charge in [-0.05, 0) is 20.8 Å². The van der Waals surface area contributed by atoms with E-state index in [0.29, 0.717) is 23.2 Å². The van der Waals surface area contributed by atoms with Crippen LogP contribution in [0.1, 0.15) is 30.0 Å². The van der Waals surface area contributed by atoms with Gasteiger partial charge in [0.1, 0.15) is 0 Å². The van der Waals surface area contributed by atoms with Gasteiger partial charge in [0.25, 0.3) is 0 Å². The molecule has 0 aliphatic rings. The standard InChI is InChI=1S/C12H20N2O4S/c1-6-18-10(15)9-7(2)13-12(14-9)19-8(3)11(16-4)17-5/h8,11H,6H2,1-5H3,(H,13,14)/t8-/m0/s1. The number of nitrogens with zero attached hydrogens (tertiary/aromatic N) is 1. The SMILES string of the molecule is CCOC(=O)c1nc(S[C@@H](C)C(OC)OC)[nH]c1C. The first-order valence-corrected chi connectivity index (χ1v) is 6.87. The van der Waals surface area contributed by atoms with Crippen molar-refractivity contribution in [3.8, 4) is 0 Å². The molecule has 19 heavy (non-hydrogen) atoms. The molecule has 0 bridgehead atoms. The zero-order chi connectivity index (χ0) is 14.4. The summed E-state index contributed by atoms with van der Waals surface area (Å²) in [6, 6.07) is 0. The van der Waals surface area contributed by atoms with E-state index in [0.717, 1.165) is 0 Å². The topological polar surface area (TPSA) is 73.4 Å². The molecule has 0 saturated heterocycles. The van der Waals surface area contributed by atoms with E-state index in [1.165, 1.54) is 11.8 Å². The van der Waals surface area contributed by atoms with Crippen molar-refractivity contribution in [2.75, 3.05) is 20.8 Å². The van der Waals surface area contributed by atoms with Crippen molar-refractivity contribution < 1.29 is 19.0 Å². The molecule has 108 valence electrons. The maximum Gasteiger partial charge on any atom is 0.358 e. The summed E-state index contributed by atoms with van der Waals surface area (Å²) in [6.45, 7) is 5.85. The molecule has 1 rings (SSSR count). The molecule has 0 unspecified atom stereocenters. The molecule has 0 saturated carbocycles. The number of aryl methyl sites for hydroxylation is 1. The van der Waals surface area contributed by atoms with Gasteiger partial charge in [0.2, 0.25) is 0 Å². The van der Waals surface area contributed by atoms with Gasteiger partial charge in [-0.3, -0.25) is 0 Å². The predicted octanol–water partition coefficient (Wildman–Crippen LogP) is 1.99. The first-order chi connectivity index (χ1) is 9.03. The maximum atomic E-state index is 11.6. The van der Waals surface area contributed by atoms with Crippen LogP contribution in [-0.4, -0.2) is 48.3 Å². The van der Waals surface area contributed by atoms with Gasteiger partial charge in [0.15, 0.2) is 17.1 Å². The second-order valence-corrected chi connectivity index (χ2v) is 5.26. The molecule has 0 aliphatic carbocycles. The smallest absolute Gasteiger partial charge is 0.358 e. The summed E-state index contributed by atoms with van der Waals surface area (Å²) >= 11 is 1.45. The second kappa shape index (κ2) is 7.52. The number of H-pyrrole nitrogens is 1. The molecule has 0 radical (unpaired) electrons. The summed E-state index contributed by atoms with van der Waals surface area (Å²) in [4.78, 5) is 18.9. The fourth-order valence-corrected chi connectivity index (χ4v) is 2.64. The van der Waals surface area contributed by atoms with E-state index < -0.39 is 5.97 Å². The minimum Gasteiger partial charge on any atom is -0.461 e. The number of aromatic nitrogens is 2. The van der Waals surface area contributed by atoms with Gasteiger partial charge < -0.3 is 19.2 Å². The zero-order valence-electron chi connectivity index (χ0n) is 11.9. The van der Waals surface area contributed by atoms with Crippen molar-refractivity contribution in [1.82, 2.24) is 9.97 Å². The largest absolute Gasteiger partial charge is 0.461 e. The highest BCUT2D eigenvalue weighted by molar-refractivity contribution is 7.99. The van der Waals surface area contributed by atoms with Gasteiger partial charge in [-0.25, -0.2) is 9.78 Å². The van der Waals surface area contributed by atoms with E-state index in [9.17, 15) is 4.79 Å². The molecule has 0 amide bonds. The van der Waals surface area contributed by atoms with Crippen LogP contribution in [0.25, 0.3) is 0 Å². The molecule has 1 heterocycles. The fourth-order valence-electron chi connectivity index (χ4n) is 1.60. The molecule has 1 aromatic heterocycles. The quantitative estimate of drug-likeness (QED) is 0.470.